The molecule has 2 aliphatic rings. The average molecular weight is 597 g/mol. The van der Waals surface area contributed by atoms with Crippen LogP contribution in [0.25, 0.3) is 0 Å². The van der Waals surface area contributed by atoms with Gasteiger partial charge in [-0.25, -0.2) is 13.6 Å². The van der Waals surface area contributed by atoms with Crippen LogP contribution in [0.1, 0.15) is 69.2 Å². The van der Waals surface area contributed by atoms with Gasteiger partial charge in [0.25, 0.3) is 0 Å². The molecule has 1 amide bonds. The molecule has 11 heteroatoms. The van der Waals surface area contributed by atoms with E-state index in [4.69, 9.17) is 4.74 Å². The molecule has 0 radical (unpaired) electrons. The number of nitrogens with zero attached hydrogens (tertiary/aromatic N) is 1. The molecule has 4 atom stereocenters. The topological polar surface area (TPSA) is 78.9 Å². The van der Waals surface area contributed by atoms with Crippen molar-refractivity contribution in [2.24, 2.45) is 17.3 Å². The van der Waals surface area contributed by atoms with Crippen LogP contribution in [-0.2, 0) is 22.3 Å². The summed E-state index contributed by atoms with van der Waals surface area (Å²) in [5.41, 5.74) is -0.676. The zero-order valence-electron chi connectivity index (χ0n) is 24.1. The Bertz CT molecular complexity index is 1270. The number of methoxy groups -OCH3 is 1. The predicted molar refractivity (Wildman–Crippen MR) is 146 cm³/mol. The summed E-state index contributed by atoms with van der Waals surface area (Å²) in [6.45, 7) is 5.46. The third kappa shape index (κ3) is 6.55. The molecule has 6 nitrogen and oxygen atoms in total. The fraction of sp³-hybridized carbons (Fsp3) is 0.548. The molecule has 1 saturated carbocycles. The molecule has 1 aliphatic heterocycles. The molecule has 1 saturated heterocycles. The van der Waals surface area contributed by atoms with Crippen molar-refractivity contribution >= 4 is 11.9 Å². The van der Waals surface area contributed by atoms with Gasteiger partial charge in [-0.15, -0.1) is 0 Å². The Morgan fingerprint density at radius 2 is 1.67 bits per heavy atom. The number of alkyl halides is 5. The van der Waals surface area contributed by atoms with Gasteiger partial charge in [-0.05, 0) is 42.0 Å². The Morgan fingerprint density at radius 1 is 1.05 bits per heavy atom. The van der Waals surface area contributed by atoms with E-state index in [1.807, 2.05) is 20.8 Å². The number of rotatable bonds is 7. The summed E-state index contributed by atoms with van der Waals surface area (Å²) in [4.78, 5) is 28.4. The van der Waals surface area contributed by atoms with Gasteiger partial charge in [-0.1, -0.05) is 51.1 Å². The highest BCUT2D eigenvalue weighted by Crippen LogP contribution is 2.50. The summed E-state index contributed by atoms with van der Waals surface area (Å²) in [5.74, 6) is -5.82. The Balaban J connectivity index is 1.80. The quantitative estimate of drug-likeness (QED) is 0.348. The van der Waals surface area contributed by atoms with Crippen LogP contribution in [0.3, 0.4) is 0 Å². The van der Waals surface area contributed by atoms with E-state index in [2.05, 4.69) is 5.32 Å². The first-order chi connectivity index (χ1) is 19.5. The number of hydrogen-bond acceptors (Lipinski definition) is 4. The fourth-order valence-electron chi connectivity index (χ4n) is 6.55. The smallest absolute Gasteiger partial charge is 0.416 e. The minimum Gasteiger partial charge on any atom is -0.496 e. The highest BCUT2D eigenvalue weighted by Gasteiger charge is 2.58. The molecule has 1 heterocycles. The first-order valence-electron chi connectivity index (χ1n) is 14.0. The maximum absolute atomic E-state index is 14.1. The SMILES string of the molecule is COc1ccc(C(F)(F)F)cc1CN[C@@H]1[C@@H](C(C)(C)C)[C@H](C(=O)O)N(C(=O)C2CCC(F)(F)CC2)[C@@H]1c1ccccc1. The second-order valence-electron chi connectivity index (χ2n) is 12.3. The maximum Gasteiger partial charge on any atom is 0.416 e. The number of likely N-dealkylation sites (tertiary alicyclic amines) is 1. The average Bonchev–Trinajstić information content (AvgIpc) is 3.27. The Labute approximate surface area is 242 Å². The van der Waals surface area contributed by atoms with Gasteiger partial charge in [0.15, 0.2) is 0 Å². The molecular formula is C31H37F5N2O4. The zero-order chi connectivity index (χ0) is 31.0. The summed E-state index contributed by atoms with van der Waals surface area (Å²) in [7, 11) is 1.35. The number of amides is 1. The fourth-order valence-corrected chi connectivity index (χ4v) is 6.55. The van der Waals surface area contributed by atoms with Crippen molar-refractivity contribution < 1.29 is 41.4 Å². The molecule has 2 aromatic rings. The summed E-state index contributed by atoms with van der Waals surface area (Å²) in [6.07, 6.45) is -5.61. The minimum absolute atomic E-state index is 0.0596. The van der Waals surface area contributed by atoms with E-state index in [0.717, 1.165) is 12.1 Å². The van der Waals surface area contributed by atoms with Crippen LogP contribution in [0.2, 0.25) is 0 Å². The molecule has 1 aliphatic carbocycles. The van der Waals surface area contributed by atoms with E-state index in [0.29, 0.717) is 5.56 Å². The van der Waals surface area contributed by atoms with Gasteiger partial charge in [0.2, 0.25) is 11.8 Å². The molecule has 42 heavy (non-hydrogen) atoms. The highest BCUT2D eigenvalue weighted by atomic mass is 19.4. The third-order valence-corrected chi connectivity index (χ3v) is 8.52. The maximum atomic E-state index is 14.1. The minimum atomic E-state index is -4.58. The van der Waals surface area contributed by atoms with Gasteiger partial charge in [0.1, 0.15) is 11.8 Å². The van der Waals surface area contributed by atoms with Crippen LogP contribution >= 0.6 is 0 Å². The van der Waals surface area contributed by atoms with Gasteiger partial charge in [0.05, 0.1) is 18.7 Å². The second-order valence-corrected chi connectivity index (χ2v) is 12.3. The molecule has 2 N–H and O–H groups in total. The van der Waals surface area contributed by atoms with E-state index < -0.39 is 77.8 Å². The number of benzene rings is 2. The second kappa shape index (κ2) is 11.8. The monoisotopic (exact) mass is 596 g/mol. The molecule has 230 valence electrons. The first-order valence-corrected chi connectivity index (χ1v) is 14.0. The van der Waals surface area contributed by atoms with Crippen LogP contribution in [0.5, 0.6) is 5.75 Å². The van der Waals surface area contributed by atoms with Crippen molar-refractivity contribution in [1.29, 1.82) is 0 Å². The molecule has 2 aromatic carbocycles. The van der Waals surface area contributed by atoms with Gasteiger partial charge < -0.3 is 20.1 Å². The molecule has 2 fully saturated rings. The lowest BCUT2D eigenvalue weighted by Crippen LogP contribution is -2.49. The van der Waals surface area contributed by atoms with Crippen molar-refractivity contribution in [1.82, 2.24) is 10.2 Å². The number of carboxylic acid groups (broad SMARTS) is 1. The number of hydrogen-bond donors (Lipinski definition) is 2. The molecule has 0 spiro atoms. The largest absolute Gasteiger partial charge is 0.496 e. The van der Waals surface area contributed by atoms with Crippen LogP contribution in [-0.4, -0.2) is 47.0 Å². The van der Waals surface area contributed by atoms with Gasteiger partial charge in [0, 0.05) is 42.8 Å². The number of carbonyl (C=O) groups excluding carboxylic acids is 1. The van der Waals surface area contributed by atoms with Crippen LogP contribution < -0.4 is 10.1 Å². The Morgan fingerprint density at radius 3 is 2.19 bits per heavy atom. The number of nitrogens with one attached hydrogen (secondary N) is 1. The van der Waals surface area contributed by atoms with Gasteiger partial charge in [-0.2, -0.15) is 13.2 Å². The zero-order valence-corrected chi connectivity index (χ0v) is 24.1. The Hall–Kier alpha value is -3.21. The lowest BCUT2D eigenvalue weighted by Gasteiger charge is -2.36. The van der Waals surface area contributed by atoms with Crippen LogP contribution in [0, 0.1) is 17.3 Å². The third-order valence-electron chi connectivity index (χ3n) is 8.52. The van der Waals surface area contributed by atoms with Crippen molar-refractivity contribution in [3.05, 3.63) is 65.2 Å². The standard InChI is InChI=1S/C31H37F5N2O4/c1-29(2,3)23-24(37-17-20-16-21(31(34,35)36)10-11-22(20)42-4)25(18-8-6-5-7-9-18)38(26(23)28(40)41)27(39)19-12-14-30(32,33)15-13-19/h5-11,16,19,23-26,37H,12-15,17H2,1-4H3,(H,40,41)/t23-,24-,25-,26-/m1/s1. The number of ether oxygens (including phenoxy) is 1. The van der Waals surface area contributed by atoms with E-state index in [-0.39, 0.29) is 30.7 Å². The van der Waals surface area contributed by atoms with Gasteiger partial charge >= 0.3 is 12.1 Å². The van der Waals surface area contributed by atoms with Crippen LogP contribution in [0.15, 0.2) is 48.5 Å². The number of carboxylic acids is 1. The summed E-state index contributed by atoms with van der Waals surface area (Å²) in [6, 6.07) is 9.15. The van der Waals surface area contributed by atoms with E-state index >= 15 is 0 Å². The molecule has 0 aromatic heterocycles. The Kier molecular flexibility index (Phi) is 8.92. The normalized spacial score (nSPS) is 24.9. The van der Waals surface area contributed by atoms with Crippen molar-refractivity contribution in [3.8, 4) is 5.75 Å². The number of aliphatic carboxylic acids is 1. The molecule has 0 bridgehead atoms. The summed E-state index contributed by atoms with van der Waals surface area (Å²) < 4.78 is 73.8. The van der Waals surface area contributed by atoms with Gasteiger partial charge in [-0.3, -0.25) is 4.79 Å². The lowest BCUT2D eigenvalue weighted by atomic mass is 9.72. The molecule has 0 unspecified atom stereocenters. The lowest BCUT2D eigenvalue weighted by molar-refractivity contribution is -0.156. The number of carbonyl (C=O) groups is 2. The van der Waals surface area contributed by atoms with E-state index in [1.165, 1.54) is 18.1 Å². The van der Waals surface area contributed by atoms with E-state index in [9.17, 15) is 36.6 Å². The summed E-state index contributed by atoms with van der Waals surface area (Å²) >= 11 is 0. The van der Waals surface area contributed by atoms with E-state index in [1.54, 1.807) is 30.3 Å². The number of halogens is 5. The highest BCUT2D eigenvalue weighted by molar-refractivity contribution is 5.87. The summed E-state index contributed by atoms with van der Waals surface area (Å²) in [5, 5.41) is 13.9. The molecular weight excluding hydrogens is 559 g/mol. The predicted octanol–water partition coefficient (Wildman–Crippen LogP) is 6.70. The molecule has 4 rings (SSSR count). The van der Waals surface area contributed by atoms with Crippen molar-refractivity contribution in [2.75, 3.05) is 7.11 Å². The first kappa shape index (κ1) is 31.7. The van der Waals surface area contributed by atoms with Crippen LogP contribution in [0.4, 0.5) is 22.0 Å². The van der Waals surface area contributed by atoms with Crippen molar-refractivity contribution in [2.45, 2.75) is 83.2 Å². The van der Waals surface area contributed by atoms with Crippen molar-refractivity contribution in [3.63, 3.8) is 0 Å².